The Hall–Kier alpha value is -16.7. The zero-order valence-corrected chi connectivity index (χ0v) is 68.6. The second kappa shape index (κ2) is 11.3. The van der Waals surface area contributed by atoms with Crippen molar-refractivity contribution in [2.45, 2.75) is 34.9 Å². The average Bonchev–Trinajstić information content (AvgIpc) is 1.38. The number of benzene rings is 38. The molecule has 0 spiro atoms. The predicted octanol–water partition coefficient (Wildman–Crippen LogP) is 36.0. The lowest BCUT2D eigenvalue weighted by Crippen LogP contribution is -2.63. The fourth-order valence-electron chi connectivity index (χ4n) is 49.7. The lowest BCUT2D eigenvalue weighted by molar-refractivity contribution is -0.176. The molecule has 8 aliphatic rings. The zero-order valence-electron chi connectivity index (χ0n) is 68.6. The molecule has 0 unspecified atom stereocenters. The Morgan fingerprint density at radius 2 is 0.193 bits per heavy atom. The molecule has 0 saturated heterocycles. The minimum absolute atomic E-state index is 0.821. The van der Waals surface area contributed by atoms with E-state index < -0.39 is 22.0 Å². The van der Waals surface area contributed by atoms with Gasteiger partial charge in [-0.25, -0.2) is 0 Å². The molecule has 0 atom stereocenters. The summed E-state index contributed by atoms with van der Waals surface area (Å²) in [6, 6.07) is 25.3. The molecule has 0 bridgehead atoms. The smallest absolute Gasteiger partial charge is 0.136 e. The highest BCUT2D eigenvalue weighted by Crippen LogP contribution is 2.92. The molecule has 58 aromatic rings. The fraction of sp³-hybridized carbons (Fsp3) is 0.0448. The molecular weight excluding hydrogens is 1630 g/mol. The van der Waals surface area contributed by atoms with Crippen molar-refractivity contribution in [1.82, 2.24) is 0 Å². The Labute approximate surface area is 732 Å². The van der Waals surface area contributed by atoms with Gasteiger partial charge < -0.3 is 4.74 Å². The third-order valence-electron chi connectivity index (χ3n) is 49.7. The van der Waals surface area contributed by atoms with Gasteiger partial charge in [-0.3, -0.25) is 0 Å². The van der Waals surface area contributed by atoms with Gasteiger partial charge >= 0.3 is 0 Å². The first-order chi connectivity index (χ1) is 67.3. The SMILES string of the molecule is c1ccc(CC23c4c5c6c7c8c9c(c%10c%11c2c2c4c4c%12c5c5c6c6c8c8c%13c9c9c%10c%10c%11c%11c2c2c4c4c%12c%12c5c5c6c8c6c8c%13c9c9c%10c%10c%11c2c2c4c4c%12c5c6c5c8c9c%10c2c45)C73OC23c4c5c6c7c8c9c(c%10c%11c2c2c4c4c%12c5c5c6c6c8c8c%13c9c9c%10c%10c%11c%11c2c2c4c4c%12c%12c5c5c6c8c6c8c%13c9c9c%10c%10c%11c2c2c4c4c%12c5c6c5c8c9c%10c2c45)C73Cc2ccccc2)cc1. The standard InChI is InChI=1S/C134H14O/c1-3-7-13(8-4-1)11-131-123-107-91-71-51-35-19-15-17-23-31-27(19)43-59-47(31)67-55-39(23)40-24(17)32-28-20(15)36(35)52-64-44(28)60-48(32)68-56(40)76-75(55)99-87(67)103-83(59)95(79(91)63(43)51)111(123)115(103)127-119(99)120-100(76)88(68)104-84(60)96-80(64)92(72(52)71)108(107)124(131)112(96)116(104)128(120)133(127,131)135-134-129-117-105-85-61-45-29-21-16-18-25-33(29)49(61)69-57-41(25)42-26(18)34-30-22(16)38-37(21)53-65(45)81-93-73(53)74-54(38)66-46(30)62-50(34)70-58(42)78-77(57)101(89(69)105)121(129)122-102(78)90(70)106-86(62)98-82(66)94(74)110-109(93)125(113(117)97(81)85)132(134,12-14-9-5-2-6-10-14)126(110)114(98)118(106)130(122)134/h1-10H,11-12H2. The van der Waals surface area contributed by atoms with Crippen LogP contribution in [0.5, 0.6) is 0 Å². The molecule has 66 rings (SSSR count). The van der Waals surface area contributed by atoms with Gasteiger partial charge in [0, 0.05) is 22.3 Å². The van der Waals surface area contributed by atoms with Crippen LogP contribution in [0, 0.1) is 0 Å². The Bertz CT molecular complexity index is 15000. The summed E-state index contributed by atoms with van der Waals surface area (Å²) in [5.41, 5.74) is 12.0. The average molecular weight is 1640 g/mol. The number of hydrogen-bond donors (Lipinski definition) is 0. The Morgan fingerprint density at radius 3 is 0.296 bits per heavy atom. The summed E-state index contributed by atoms with van der Waals surface area (Å²) < 4.78 is 12.1. The van der Waals surface area contributed by atoms with Crippen LogP contribution in [0.2, 0.25) is 0 Å². The van der Waals surface area contributed by atoms with E-state index >= 15 is 0 Å². The van der Waals surface area contributed by atoms with Gasteiger partial charge in [0.15, 0.2) is 0 Å². The van der Waals surface area contributed by atoms with Gasteiger partial charge in [0.05, 0.1) is 10.8 Å². The Morgan fingerprint density at radius 1 is 0.104 bits per heavy atom. The van der Waals surface area contributed by atoms with Crippen molar-refractivity contribution < 1.29 is 4.74 Å². The van der Waals surface area contributed by atoms with Crippen molar-refractivity contribution in [2.24, 2.45) is 0 Å². The first-order valence-corrected chi connectivity index (χ1v) is 50.6. The quantitative estimate of drug-likeness (QED) is 0.151. The topological polar surface area (TPSA) is 9.23 Å². The fourth-order valence-corrected chi connectivity index (χ4v) is 49.7. The van der Waals surface area contributed by atoms with E-state index in [0.29, 0.717) is 0 Å². The number of ether oxygens (including phenoxy) is 1. The van der Waals surface area contributed by atoms with Crippen LogP contribution in [0.4, 0.5) is 0 Å². The van der Waals surface area contributed by atoms with Crippen molar-refractivity contribution in [3.05, 3.63) is 116 Å². The molecule has 0 aromatic heterocycles. The highest BCUT2D eigenvalue weighted by molar-refractivity contribution is 6.88. The summed E-state index contributed by atoms with van der Waals surface area (Å²) >= 11 is 0. The highest BCUT2D eigenvalue weighted by Gasteiger charge is 2.79. The molecule has 0 N–H and O–H groups in total. The van der Waals surface area contributed by atoms with Gasteiger partial charge in [-0.2, -0.15) is 0 Å². The molecule has 0 fully saturated rings. The summed E-state index contributed by atoms with van der Waals surface area (Å²) in [5.74, 6) is 0. The van der Waals surface area contributed by atoms with Gasteiger partial charge in [-0.1, -0.05) is 60.7 Å². The second-order valence-corrected chi connectivity index (χ2v) is 50.1. The van der Waals surface area contributed by atoms with Crippen LogP contribution in [0.1, 0.15) is 55.6 Å². The van der Waals surface area contributed by atoms with Crippen LogP contribution in [0.15, 0.2) is 60.7 Å². The van der Waals surface area contributed by atoms with Crippen LogP contribution in [-0.4, -0.2) is 0 Å². The van der Waals surface area contributed by atoms with Crippen LogP contribution >= 0.6 is 0 Å². The maximum absolute atomic E-state index is 12.1. The van der Waals surface area contributed by atoms with Crippen molar-refractivity contribution >= 4 is 582 Å². The molecule has 0 amide bonds. The summed E-state index contributed by atoms with van der Waals surface area (Å²) in [6.07, 6.45) is 1.64. The van der Waals surface area contributed by atoms with Gasteiger partial charge in [0.2, 0.25) is 0 Å². The predicted molar refractivity (Wildman–Crippen MR) is 569 cm³/mol. The van der Waals surface area contributed by atoms with Gasteiger partial charge in [0.25, 0.3) is 0 Å². The van der Waals surface area contributed by atoms with E-state index in [0.717, 1.165) is 12.8 Å². The minimum atomic E-state index is -1.19. The van der Waals surface area contributed by atoms with Crippen molar-refractivity contribution in [3.8, 4) is 0 Å². The molecule has 8 aliphatic carbocycles. The second-order valence-electron chi connectivity index (χ2n) is 50.1. The van der Waals surface area contributed by atoms with Crippen LogP contribution in [0.3, 0.4) is 0 Å². The summed E-state index contributed by atoms with van der Waals surface area (Å²) in [7, 11) is 0. The summed E-state index contributed by atoms with van der Waals surface area (Å²) in [5, 5.41) is 177. The lowest BCUT2D eigenvalue weighted by Gasteiger charge is -2.62. The van der Waals surface area contributed by atoms with E-state index in [-0.39, 0.29) is 0 Å². The van der Waals surface area contributed by atoms with E-state index in [1.807, 2.05) is 0 Å². The van der Waals surface area contributed by atoms with Gasteiger partial charge in [-0.05, 0) is 628 Å². The van der Waals surface area contributed by atoms with Crippen LogP contribution in [0.25, 0.3) is 582 Å². The Balaban J connectivity index is 0.723. The summed E-state index contributed by atoms with van der Waals surface area (Å²) in [6.45, 7) is 0. The van der Waals surface area contributed by atoms with E-state index in [4.69, 9.17) is 0 Å². The monoisotopic (exact) mass is 1640 g/mol. The van der Waals surface area contributed by atoms with E-state index in [1.54, 1.807) is 626 Å². The molecular formula is C134H14O. The molecule has 1 heteroatoms. The lowest BCUT2D eigenvalue weighted by atomic mass is 9.49. The third-order valence-corrected chi connectivity index (χ3v) is 49.7. The largest absolute Gasteiger partial charge is 0.347 e. The maximum Gasteiger partial charge on any atom is 0.136 e. The zero-order chi connectivity index (χ0) is 79.3. The molecule has 135 heavy (non-hydrogen) atoms. The highest BCUT2D eigenvalue weighted by atomic mass is 16.5. The van der Waals surface area contributed by atoms with Crippen molar-refractivity contribution in [1.29, 1.82) is 0 Å². The van der Waals surface area contributed by atoms with Crippen LogP contribution < -0.4 is 0 Å². The van der Waals surface area contributed by atoms with Crippen molar-refractivity contribution in [3.63, 3.8) is 0 Å². The molecule has 0 heterocycles. The Kier molecular flexibility index (Phi) is 4.16. The maximum atomic E-state index is 12.1. The molecule has 0 aliphatic heterocycles. The van der Waals surface area contributed by atoms with E-state index in [2.05, 4.69) is 60.7 Å². The molecule has 58 aromatic carbocycles. The molecule has 0 radical (unpaired) electrons. The first-order valence-electron chi connectivity index (χ1n) is 50.6. The van der Waals surface area contributed by atoms with Gasteiger partial charge in [0.1, 0.15) is 11.2 Å². The molecule has 556 valence electrons. The summed E-state index contributed by atoms with van der Waals surface area (Å²) in [4.78, 5) is 0. The van der Waals surface area contributed by atoms with Crippen molar-refractivity contribution in [2.75, 3.05) is 0 Å². The van der Waals surface area contributed by atoms with Crippen LogP contribution in [-0.2, 0) is 39.6 Å². The van der Waals surface area contributed by atoms with E-state index in [1.165, 1.54) is 11.1 Å². The minimum Gasteiger partial charge on any atom is -0.347 e. The number of hydrogen-bond acceptors (Lipinski definition) is 1. The molecule has 1 nitrogen and oxygen atoms in total. The number of rotatable bonds is 6. The normalized spacial score (nSPS) is 22.3. The van der Waals surface area contributed by atoms with E-state index in [9.17, 15) is 4.74 Å². The molecule has 0 saturated carbocycles. The first kappa shape index (κ1) is 49.5. The third kappa shape index (κ3) is 2.69. The van der Waals surface area contributed by atoms with Gasteiger partial charge in [-0.15, -0.1) is 0 Å².